The van der Waals surface area contributed by atoms with Gasteiger partial charge in [0, 0.05) is 6.54 Å². The van der Waals surface area contributed by atoms with Crippen molar-refractivity contribution in [3.05, 3.63) is 83.7 Å². The maximum absolute atomic E-state index is 13.2. The predicted molar refractivity (Wildman–Crippen MR) is 102 cm³/mol. The first kappa shape index (κ1) is 18.1. The third-order valence-corrected chi connectivity index (χ3v) is 5.96. The molecule has 2 bridgehead atoms. The van der Waals surface area contributed by atoms with Crippen molar-refractivity contribution in [1.82, 2.24) is 4.90 Å². The quantitative estimate of drug-likeness (QED) is 0.579. The Hall–Kier alpha value is -2.99. The molecule has 3 aliphatic rings. The molecule has 0 N–H and O–H groups in total. The maximum Gasteiger partial charge on any atom is 0.313 e. The van der Waals surface area contributed by atoms with Crippen LogP contribution >= 0.6 is 0 Å². The normalized spacial score (nSPS) is 29.3. The Labute approximate surface area is 167 Å². The van der Waals surface area contributed by atoms with Crippen LogP contribution in [0.5, 0.6) is 0 Å². The highest BCUT2D eigenvalue weighted by Crippen LogP contribution is 2.52. The van der Waals surface area contributed by atoms with E-state index in [1.807, 2.05) is 42.5 Å². The topological polar surface area (TPSA) is 55.8 Å². The smallest absolute Gasteiger partial charge is 0.313 e. The Morgan fingerprint density at radius 1 is 1.14 bits per heavy atom. The molecular weight excluding hydrogens is 373 g/mol. The summed E-state index contributed by atoms with van der Waals surface area (Å²) >= 11 is 0. The van der Waals surface area contributed by atoms with Crippen LogP contribution in [-0.2, 0) is 32.2 Å². The van der Waals surface area contributed by atoms with Gasteiger partial charge in [0.15, 0.2) is 0 Å². The van der Waals surface area contributed by atoms with Gasteiger partial charge in [0.25, 0.3) is 0 Å². The number of nitrogens with zero attached hydrogens (tertiary/aromatic N) is 1. The Bertz CT molecular complexity index is 974. The lowest BCUT2D eigenvalue weighted by Gasteiger charge is -2.22. The summed E-state index contributed by atoms with van der Waals surface area (Å²) in [5, 5.41) is 0. The van der Waals surface area contributed by atoms with E-state index >= 15 is 0 Å². The molecule has 5 nitrogen and oxygen atoms in total. The average molecular weight is 393 g/mol. The molecule has 1 amide bonds. The molecule has 0 saturated carbocycles. The van der Waals surface area contributed by atoms with Crippen molar-refractivity contribution < 1.29 is 23.5 Å². The summed E-state index contributed by atoms with van der Waals surface area (Å²) in [6.45, 7) is 0.897. The predicted octanol–water partition coefficient (Wildman–Crippen LogP) is 2.85. The number of ether oxygens (including phenoxy) is 2. The van der Waals surface area contributed by atoms with E-state index in [0.29, 0.717) is 13.1 Å². The highest BCUT2D eigenvalue weighted by molar-refractivity contribution is 5.91. The van der Waals surface area contributed by atoms with E-state index in [1.165, 1.54) is 12.1 Å². The van der Waals surface area contributed by atoms with Crippen molar-refractivity contribution in [2.24, 2.45) is 11.8 Å². The zero-order valence-corrected chi connectivity index (χ0v) is 15.7. The number of hydrogen-bond donors (Lipinski definition) is 0. The molecule has 0 radical (unpaired) electrons. The first-order valence-corrected chi connectivity index (χ1v) is 9.67. The highest BCUT2D eigenvalue weighted by atomic mass is 19.1. The number of amides is 1. The summed E-state index contributed by atoms with van der Waals surface area (Å²) < 4.78 is 24.8. The number of likely N-dealkylation sites (tertiary alicyclic amines) is 1. The summed E-state index contributed by atoms with van der Waals surface area (Å²) in [5.74, 6) is -2.08. The summed E-state index contributed by atoms with van der Waals surface area (Å²) in [6.07, 6.45) is 3.34. The summed E-state index contributed by atoms with van der Waals surface area (Å²) in [4.78, 5) is 27.7. The van der Waals surface area contributed by atoms with Crippen molar-refractivity contribution in [3.63, 3.8) is 0 Å². The van der Waals surface area contributed by atoms with Gasteiger partial charge in [0.1, 0.15) is 23.9 Å². The molecule has 2 aromatic rings. The molecule has 5 rings (SSSR count). The minimum atomic E-state index is -0.780. The van der Waals surface area contributed by atoms with Gasteiger partial charge in [0.2, 0.25) is 5.91 Å². The minimum Gasteiger partial charge on any atom is -0.460 e. The number of carbonyl (C=O) groups is 2. The van der Waals surface area contributed by atoms with Crippen LogP contribution in [0.15, 0.2) is 66.7 Å². The van der Waals surface area contributed by atoms with Gasteiger partial charge in [-0.2, -0.15) is 0 Å². The zero-order chi connectivity index (χ0) is 20.0. The number of carbonyl (C=O) groups excluding carboxylic acids is 2. The third-order valence-electron chi connectivity index (χ3n) is 5.96. The van der Waals surface area contributed by atoms with Gasteiger partial charge in [-0.25, -0.2) is 4.39 Å². The third kappa shape index (κ3) is 3.04. The summed E-state index contributed by atoms with van der Waals surface area (Å²) in [7, 11) is 0. The molecule has 0 aliphatic carbocycles. The molecule has 2 fully saturated rings. The number of halogens is 1. The second-order valence-electron chi connectivity index (χ2n) is 7.81. The fourth-order valence-electron chi connectivity index (χ4n) is 4.62. The molecule has 148 valence electrons. The van der Waals surface area contributed by atoms with E-state index in [9.17, 15) is 14.0 Å². The molecule has 6 heteroatoms. The van der Waals surface area contributed by atoms with E-state index < -0.39 is 29.5 Å². The number of rotatable bonds is 5. The Balaban J connectivity index is 1.32. The van der Waals surface area contributed by atoms with Crippen molar-refractivity contribution in [2.75, 3.05) is 6.54 Å². The average Bonchev–Trinajstić information content (AvgIpc) is 3.37. The van der Waals surface area contributed by atoms with Gasteiger partial charge >= 0.3 is 5.97 Å². The fraction of sp³-hybridized carbons (Fsp3) is 0.304. The van der Waals surface area contributed by atoms with Crippen LogP contribution in [0, 0.1) is 17.7 Å². The molecule has 4 atom stereocenters. The van der Waals surface area contributed by atoms with Gasteiger partial charge in [-0.15, -0.1) is 0 Å². The van der Waals surface area contributed by atoms with E-state index in [-0.39, 0.29) is 18.3 Å². The standard InChI is InChI=1S/C23H20FNO4/c24-17-8-6-15(7-9-17)12-25-14-23-11-10-18(29-23)19(20(23)21(25)26)22(27)28-13-16-4-2-1-3-5-16/h1-11,18-20H,12-14H2/t18-,19-,20+,23-/m1/s1. The van der Waals surface area contributed by atoms with Crippen LogP contribution in [0.25, 0.3) is 0 Å². The molecule has 29 heavy (non-hydrogen) atoms. The van der Waals surface area contributed by atoms with E-state index in [0.717, 1.165) is 11.1 Å². The fourth-order valence-corrected chi connectivity index (χ4v) is 4.62. The lowest BCUT2D eigenvalue weighted by atomic mass is 9.77. The first-order valence-electron chi connectivity index (χ1n) is 9.67. The largest absolute Gasteiger partial charge is 0.460 e. The molecule has 0 aromatic heterocycles. The van der Waals surface area contributed by atoms with Crippen LogP contribution in [0.2, 0.25) is 0 Å². The molecule has 3 aliphatic heterocycles. The Morgan fingerprint density at radius 3 is 2.66 bits per heavy atom. The van der Waals surface area contributed by atoms with Crippen molar-refractivity contribution in [1.29, 1.82) is 0 Å². The van der Waals surface area contributed by atoms with Crippen molar-refractivity contribution in [2.45, 2.75) is 24.9 Å². The number of esters is 1. The number of hydrogen-bond acceptors (Lipinski definition) is 4. The Morgan fingerprint density at radius 2 is 1.90 bits per heavy atom. The Kier molecular flexibility index (Phi) is 4.24. The van der Waals surface area contributed by atoms with E-state index in [2.05, 4.69) is 0 Å². The van der Waals surface area contributed by atoms with E-state index in [4.69, 9.17) is 9.47 Å². The highest BCUT2D eigenvalue weighted by Gasteiger charge is 2.67. The van der Waals surface area contributed by atoms with Gasteiger partial charge < -0.3 is 14.4 Å². The van der Waals surface area contributed by atoms with Crippen LogP contribution < -0.4 is 0 Å². The molecule has 0 unspecified atom stereocenters. The monoisotopic (exact) mass is 393 g/mol. The second-order valence-corrected chi connectivity index (χ2v) is 7.81. The second kappa shape index (κ2) is 6.81. The van der Waals surface area contributed by atoms with Gasteiger partial charge in [-0.3, -0.25) is 9.59 Å². The molecule has 3 heterocycles. The van der Waals surface area contributed by atoms with E-state index in [1.54, 1.807) is 17.0 Å². The van der Waals surface area contributed by atoms with Gasteiger partial charge in [-0.1, -0.05) is 54.6 Å². The molecule has 1 spiro atoms. The molecule has 2 saturated heterocycles. The lowest BCUT2D eigenvalue weighted by molar-refractivity contribution is -0.155. The summed E-state index contributed by atoms with van der Waals surface area (Å²) in [5.41, 5.74) is 0.946. The molecular formula is C23H20FNO4. The molecule has 2 aromatic carbocycles. The number of fused-ring (bicyclic) bond motifs is 1. The van der Waals surface area contributed by atoms with Gasteiger partial charge in [-0.05, 0) is 23.3 Å². The van der Waals surface area contributed by atoms with Crippen molar-refractivity contribution >= 4 is 11.9 Å². The zero-order valence-electron chi connectivity index (χ0n) is 15.7. The van der Waals surface area contributed by atoms with Crippen LogP contribution in [-0.4, -0.2) is 35.0 Å². The van der Waals surface area contributed by atoms with Crippen LogP contribution in [0.1, 0.15) is 11.1 Å². The SMILES string of the molecule is O=C(OCc1ccccc1)[C@H]1[C@H]2C(=O)N(Cc3ccc(F)cc3)C[C@]23C=C[C@H]1O3. The van der Waals surface area contributed by atoms with Crippen LogP contribution in [0.3, 0.4) is 0 Å². The maximum atomic E-state index is 13.2. The lowest BCUT2D eigenvalue weighted by Crippen LogP contribution is -2.39. The minimum absolute atomic E-state index is 0.122. The summed E-state index contributed by atoms with van der Waals surface area (Å²) in [6, 6.07) is 15.5. The van der Waals surface area contributed by atoms with Gasteiger partial charge in [0.05, 0.1) is 18.6 Å². The number of benzene rings is 2. The first-order chi connectivity index (χ1) is 14.1. The van der Waals surface area contributed by atoms with Crippen molar-refractivity contribution in [3.8, 4) is 0 Å². The van der Waals surface area contributed by atoms with Crippen LogP contribution in [0.4, 0.5) is 4.39 Å².